The van der Waals surface area contributed by atoms with Gasteiger partial charge in [-0.1, -0.05) is 31.1 Å². The maximum Gasteiger partial charge on any atom is 0.229 e. The molecule has 1 aromatic heterocycles. The molecule has 2 rings (SSSR count). The number of nitrogens with zero attached hydrogens (tertiary/aromatic N) is 3. The summed E-state index contributed by atoms with van der Waals surface area (Å²) in [5.41, 5.74) is 0. The molecule has 1 N–H and O–H groups in total. The minimum Gasteiger partial charge on any atom is -0.300 e. The second-order valence-corrected chi connectivity index (χ2v) is 8.93. The van der Waals surface area contributed by atoms with Crippen molar-refractivity contribution in [3.63, 3.8) is 0 Å². The van der Waals surface area contributed by atoms with Crippen molar-refractivity contribution in [2.24, 2.45) is 5.92 Å². The van der Waals surface area contributed by atoms with E-state index in [1.54, 1.807) is 0 Å². The lowest BCUT2D eigenvalue weighted by molar-refractivity contribution is -0.120. The summed E-state index contributed by atoms with van der Waals surface area (Å²) in [6.45, 7) is 2.95. The van der Waals surface area contributed by atoms with Crippen LogP contribution in [0.5, 0.6) is 0 Å². The van der Waals surface area contributed by atoms with E-state index in [2.05, 4.69) is 22.4 Å². The summed E-state index contributed by atoms with van der Waals surface area (Å²) in [5, 5.41) is 12.4. The van der Waals surface area contributed by atoms with Crippen LogP contribution in [0.25, 0.3) is 0 Å². The first kappa shape index (κ1) is 18.3. The maximum atomic E-state index is 12.3. The SMILES string of the molecule is CCCCCc1nnc(NC(=O)C2CCN(S(C)(=O)=O)CC2)s1. The summed E-state index contributed by atoms with van der Waals surface area (Å²) in [7, 11) is -3.16. The monoisotopic (exact) mass is 360 g/mol. The number of hydrogen-bond acceptors (Lipinski definition) is 6. The normalized spacial score (nSPS) is 17.3. The highest BCUT2D eigenvalue weighted by molar-refractivity contribution is 7.88. The molecular formula is C14H24N4O3S2. The van der Waals surface area contributed by atoms with E-state index in [9.17, 15) is 13.2 Å². The molecule has 0 aromatic carbocycles. The molecule has 1 aliphatic rings. The number of carbonyl (C=O) groups is 1. The van der Waals surface area contributed by atoms with Gasteiger partial charge in [0.05, 0.1) is 6.26 Å². The molecule has 1 saturated heterocycles. The van der Waals surface area contributed by atoms with Gasteiger partial charge in [-0.25, -0.2) is 12.7 Å². The van der Waals surface area contributed by atoms with Gasteiger partial charge < -0.3 is 5.32 Å². The van der Waals surface area contributed by atoms with Gasteiger partial charge in [0.25, 0.3) is 0 Å². The predicted octanol–water partition coefficient (Wildman–Crippen LogP) is 1.88. The largest absolute Gasteiger partial charge is 0.300 e. The summed E-state index contributed by atoms with van der Waals surface area (Å²) in [6.07, 6.45) is 6.60. The summed E-state index contributed by atoms with van der Waals surface area (Å²) < 4.78 is 24.4. The van der Waals surface area contributed by atoms with Crippen molar-refractivity contribution < 1.29 is 13.2 Å². The Morgan fingerprint density at radius 2 is 2.00 bits per heavy atom. The van der Waals surface area contributed by atoms with E-state index in [0.717, 1.165) is 24.3 Å². The molecule has 0 saturated carbocycles. The van der Waals surface area contributed by atoms with Crippen molar-refractivity contribution in [3.8, 4) is 0 Å². The van der Waals surface area contributed by atoms with Crippen LogP contribution in [0.2, 0.25) is 0 Å². The molecule has 2 heterocycles. The first-order valence-electron chi connectivity index (χ1n) is 7.98. The molecule has 130 valence electrons. The number of hydrogen-bond donors (Lipinski definition) is 1. The van der Waals surface area contributed by atoms with E-state index in [4.69, 9.17) is 0 Å². The molecule has 0 unspecified atom stereocenters. The smallest absolute Gasteiger partial charge is 0.229 e. The van der Waals surface area contributed by atoms with E-state index in [1.807, 2.05) is 0 Å². The Hall–Kier alpha value is -1.06. The van der Waals surface area contributed by atoms with Crippen LogP contribution in [0.3, 0.4) is 0 Å². The molecule has 23 heavy (non-hydrogen) atoms. The Balaban J connectivity index is 1.81. The zero-order valence-corrected chi connectivity index (χ0v) is 15.3. The number of nitrogens with one attached hydrogen (secondary N) is 1. The highest BCUT2D eigenvalue weighted by atomic mass is 32.2. The van der Waals surface area contributed by atoms with Crippen LogP contribution in [0.1, 0.15) is 44.0 Å². The zero-order valence-electron chi connectivity index (χ0n) is 13.6. The van der Waals surface area contributed by atoms with Gasteiger partial charge in [0.1, 0.15) is 5.01 Å². The number of unbranched alkanes of at least 4 members (excludes halogenated alkanes) is 2. The Morgan fingerprint density at radius 1 is 1.30 bits per heavy atom. The number of aromatic nitrogens is 2. The Kier molecular flexibility index (Phi) is 6.49. The molecule has 1 aromatic rings. The molecule has 7 nitrogen and oxygen atoms in total. The van der Waals surface area contributed by atoms with Gasteiger partial charge in [-0.15, -0.1) is 10.2 Å². The molecular weight excluding hydrogens is 336 g/mol. The van der Waals surface area contributed by atoms with Crippen molar-refractivity contribution in [1.82, 2.24) is 14.5 Å². The molecule has 1 fully saturated rings. The van der Waals surface area contributed by atoms with Crippen LogP contribution in [0, 0.1) is 5.92 Å². The van der Waals surface area contributed by atoms with E-state index in [1.165, 1.54) is 28.3 Å². The lowest BCUT2D eigenvalue weighted by Gasteiger charge is -2.29. The van der Waals surface area contributed by atoms with Crippen LogP contribution in [0.15, 0.2) is 0 Å². The fourth-order valence-electron chi connectivity index (χ4n) is 2.59. The molecule has 9 heteroatoms. The summed E-state index contributed by atoms with van der Waals surface area (Å²) >= 11 is 1.42. The number of amides is 1. The van der Waals surface area contributed by atoms with Gasteiger partial charge in [-0.2, -0.15) is 0 Å². The third-order valence-electron chi connectivity index (χ3n) is 3.98. The molecule has 0 radical (unpaired) electrons. The Bertz CT molecular complexity index is 622. The van der Waals surface area contributed by atoms with E-state index < -0.39 is 10.0 Å². The highest BCUT2D eigenvalue weighted by Crippen LogP contribution is 2.23. The number of carbonyl (C=O) groups excluding carboxylic acids is 1. The predicted molar refractivity (Wildman–Crippen MR) is 90.9 cm³/mol. The van der Waals surface area contributed by atoms with Crippen LogP contribution >= 0.6 is 11.3 Å². The quantitative estimate of drug-likeness (QED) is 0.750. The number of anilines is 1. The first-order valence-corrected chi connectivity index (χ1v) is 10.6. The van der Waals surface area contributed by atoms with Gasteiger partial charge in [0, 0.05) is 25.4 Å². The topological polar surface area (TPSA) is 92.3 Å². The molecule has 1 amide bonds. The third-order valence-corrected chi connectivity index (χ3v) is 6.19. The van der Waals surface area contributed by atoms with Crippen molar-refractivity contribution in [2.75, 3.05) is 24.7 Å². The average molecular weight is 361 g/mol. The number of piperidine rings is 1. The van der Waals surface area contributed by atoms with Crippen molar-refractivity contribution in [1.29, 1.82) is 0 Å². The van der Waals surface area contributed by atoms with Gasteiger partial charge in [-0.3, -0.25) is 4.79 Å². The minimum atomic E-state index is -3.16. The van der Waals surface area contributed by atoms with E-state index in [-0.39, 0.29) is 11.8 Å². The second kappa shape index (κ2) is 8.16. The molecule has 0 atom stereocenters. The van der Waals surface area contributed by atoms with Gasteiger partial charge in [-0.05, 0) is 19.3 Å². The van der Waals surface area contributed by atoms with Crippen LogP contribution in [0.4, 0.5) is 5.13 Å². The van der Waals surface area contributed by atoms with Crippen molar-refractivity contribution in [2.45, 2.75) is 45.4 Å². The minimum absolute atomic E-state index is 0.0885. The molecule has 1 aliphatic heterocycles. The molecule has 0 bridgehead atoms. The van der Waals surface area contributed by atoms with Crippen LogP contribution in [-0.4, -0.2) is 48.2 Å². The van der Waals surface area contributed by atoms with Gasteiger partial charge in [0.2, 0.25) is 21.1 Å². The van der Waals surface area contributed by atoms with E-state index >= 15 is 0 Å². The van der Waals surface area contributed by atoms with E-state index in [0.29, 0.717) is 31.1 Å². The third kappa shape index (κ3) is 5.50. The number of rotatable bonds is 7. The number of sulfonamides is 1. The van der Waals surface area contributed by atoms with Crippen LogP contribution < -0.4 is 5.32 Å². The molecule has 0 aliphatic carbocycles. The first-order chi connectivity index (χ1) is 10.9. The second-order valence-electron chi connectivity index (χ2n) is 5.88. The average Bonchev–Trinajstić information content (AvgIpc) is 2.94. The van der Waals surface area contributed by atoms with Crippen LogP contribution in [-0.2, 0) is 21.2 Å². The van der Waals surface area contributed by atoms with Crippen molar-refractivity contribution >= 4 is 32.4 Å². The lowest BCUT2D eigenvalue weighted by atomic mass is 9.97. The molecule has 0 spiro atoms. The maximum absolute atomic E-state index is 12.3. The number of aryl methyl sites for hydroxylation is 1. The summed E-state index contributed by atoms with van der Waals surface area (Å²) in [4.78, 5) is 12.3. The van der Waals surface area contributed by atoms with Crippen molar-refractivity contribution in [3.05, 3.63) is 5.01 Å². The zero-order chi connectivity index (χ0) is 16.9. The standard InChI is InChI=1S/C14H24N4O3S2/c1-3-4-5-6-12-16-17-14(22-12)15-13(19)11-7-9-18(10-8-11)23(2,20)21/h11H,3-10H2,1-2H3,(H,15,17,19). The summed E-state index contributed by atoms with van der Waals surface area (Å²) in [5.74, 6) is -0.255. The fraction of sp³-hybridized carbons (Fsp3) is 0.786. The Labute approximate surface area is 141 Å². The van der Waals surface area contributed by atoms with Gasteiger partial charge >= 0.3 is 0 Å². The summed E-state index contributed by atoms with van der Waals surface area (Å²) in [6, 6.07) is 0. The van der Waals surface area contributed by atoms with Gasteiger partial charge in [0.15, 0.2) is 0 Å². The lowest BCUT2D eigenvalue weighted by Crippen LogP contribution is -2.40. The highest BCUT2D eigenvalue weighted by Gasteiger charge is 2.29. The fourth-order valence-corrected chi connectivity index (χ4v) is 4.25. The Morgan fingerprint density at radius 3 is 2.61 bits per heavy atom.